The second kappa shape index (κ2) is 13.9. The third-order valence-electron chi connectivity index (χ3n) is 9.22. The highest BCUT2D eigenvalue weighted by atomic mass is 16.7. The Hall–Kier alpha value is -3.52. The zero-order valence-corrected chi connectivity index (χ0v) is 26.5. The number of hydrogen-bond donors (Lipinski definition) is 0. The molecule has 0 aliphatic carbocycles. The molecule has 7 nitrogen and oxygen atoms in total. The SMILES string of the molecule is CC1=C(c2cccc(OC3CCCCO3)c2)C(c2ccc(OCCN3CC(C)C3)cc2)Oc2ccc(OC3CCCCO3)cc21. The van der Waals surface area contributed by atoms with Crippen LogP contribution in [0.2, 0.25) is 0 Å². The Bertz CT molecular complexity index is 1470. The summed E-state index contributed by atoms with van der Waals surface area (Å²) in [6.45, 7) is 9.94. The zero-order chi connectivity index (χ0) is 30.6. The molecule has 3 aromatic rings. The van der Waals surface area contributed by atoms with E-state index in [2.05, 4.69) is 67.3 Å². The van der Waals surface area contributed by atoms with E-state index >= 15 is 0 Å². The summed E-state index contributed by atoms with van der Waals surface area (Å²) < 4.78 is 37.2. The van der Waals surface area contributed by atoms with Crippen LogP contribution >= 0.6 is 0 Å². The predicted octanol–water partition coefficient (Wildman–Crippen LogP) is 7.89. The molecular formula is C38H45NO6. The van der Waals surface area contributed by atoms with Crippen LogP contribution in [0.15, 0.2) is 66.7 Å². The van der Waals surface area contributed by atoms with Gasteiger partial charge in [0.2, 0.25) is 0 Å². The zero-order valence-electron chi connectivity index (χ0n) is 26.5. The van der Waals surface area contributed by atoms with Gasteiger partial charge in [-0.15, -0.1) is 0 Å². The van der Waals surface area contributed by atoms with Gasteiger partial charge < -0.3 is 28.4 Å². The van der Waals surface area contributed by atoms with Crippen molar-refractivity contribution >= 4 is 11.1 Å². The first-order valence-electron chi connectivity index (χ1n) is 16.7. The largest absolute Gasteiger partial charge is 0.492 e. The van der Waals surface area contributed by atoms with Crippen molar-refractivity contribution < 1.29 is 28.4 Å². The summed E-state index contributed by atoms with van der Waals surface area (Å²) in [5.74, 6) is 4.11. The Kier molecular flexibility index (Phi) is 9.28. The molecule has 3 unspecified atom stereocenters. The van der Waals surface area contributed by atoms with Crippen LogP contribution in [-0.2, 0) is 9.47 Å². The maximum absolute atomic E-state index is 6.82. The summed E-state index contributed by atoms with van der Waals surface area (Å²) in [6, 6.07) is 22.8. The smallest absolute Gasteiger partial charge is 0.199 e. The summed E-state index contributed by atoms with van der Waals surface area (Å²) in [5, 5.41) is 0. The molecule has 3 fully saturated rings. The van der Waals surface area contributed by atoms with Crippen LogP contribution in [0.1, 0.15) is 75.2 Å². The summed E-state index contributed by atoms with van der Waals surface area (Å²) in [7, 11) is 0. The van der Waals surface area contributed by atoms with E-state index in [0.717, 1.165) is 115 Å². The molecule has 238 valence electrons. The number of fused-ring (bicyclic) bond motifs is 1. The lowest BCUT2D eigenvalue weighted by Crippen LogP contribution is -2.46. The van der Waals surface area contributed by atoms with Gasteiger partial charge in [-0.25, -0.2) is 0 Å². The van der Waals surface area contributed by atoms with Crippen LogP contribution in [0.25, 0.3) is 11.1 Å². The topological polar surface area (TPSA) is 58.6 Å². The Morgan fingerprint density at radius 1 is 0.778 bits per heavy atom. The fraction of sp³-hybridized carbons (Fsp3) is 0.474. The van der Waals surface area contributed by atoms with Gasteiger partial charge in [0.25, 0.3) is 0 Å². The molecule has 7 heteroatoms. The van der Waals surface area contributed by atoms with Crippen molar-refractivity contribution in [2.45, 2.75) is 71.1 Å². The number of likely N-dealkylation sites (tertiary alicyclic amines) is 1. The molecule has 0 spiro atoms. The standard InChI is InChI=1S/C38H45NO6/c1-26-24-39(25-26)18-21-40-30-14-12-28(13-15-30)38-37(29-8-7-9-31(22-29)43-35-10-3-5-19-41-35)27(2)33-23-32(16-17-34(33)45-38)44-36-11-4-6-20-42-36/h7-9,12-17,22-23,26,35-36,38H,3-6,10-11,18-21,24-25H2,1-2H3. The van der Waals surface area contributed by atoms with Gasteiger partial charge in [-0.05, 0) is 97.7 Å². The lowest BCUT2D eigenvalue weighted by molar-refractivity contribution is -0.106. The fourth-order valence-corrected chi connectivity index (χ4v) is 6.80. The van der Waals surface area contributed by atoms with Crippen molar-refractivity contribution in [2.75, 3.05) is 39.5 Å². The molecule has 0 amide bonds. The van der Waals surface area contributed by atoms with E-state index in [4.69, 9.17) is 28.4 Å². The average Bonchev–Trinajstić information content (AvgIpc) is 3.05. The van der Waals surface area contributed by atoms with E-state index in [1.807, 2.05) is 18.2 Å². The van der Waals surface area contributed by atoms with E-state index in [9.17, 15) is 0 Å². The van der Waals surface area contributed by atoms with Gasteiger partial charge in [-0.3, -0.25) is 4.90 Å². The van der Waals surface area contributed by atoms with Crippen LogP contribution in [-0.4, -0.2) is 56.9 Å². The molecule has 0 saturated carbocycles. The Balaban J connectivity index is 1.16. The fourth-order valence-electron chi connectivity index (χ4n) is 6.80. The van der Waals surface area contributed by atoms with Gasteiger partial charge in [-0.1, -0.05) is 31.2 Å². The molecule has 0 bridgehead atoms. The van der Waals surface area contributed by atoms with Crippen molar-refractivity contribution in [1.82, 2.24) is 4.90 Å². The number of rotatable bonds is 10. The lowest BCUT2D eigenvalue weighted by atomic mass is 9.86. The van der Waals surface area contributed by atoms with Gasteiger partial charge in [-0.2, -0.15) is 0 Å². The van der Waals surface area contributed by atoms with Crippen LogP contribution in [0, 0.1) is 5.92 Å². The maximum Gasteiger partial charge on any atom is 0.199 e. The normalized spacial score (nSPS) is 23.9. The van der Waals surface area contributed by atoms with Crippen LogP contribution in [0.4, 0.5) is 0 Å². The van der Waals surface area contributed by atoms with E-state index in [0.29, 0.717) is 6.61 Å². The Labute approximate surface area is 267 Å². The molecule has 45 heavy (non-hydrogen) atoms. The second-order valence-corrected chi connectivity index (χ2v) is 12.8. The van der Waals surface area contributed by atoms with E-state index in [1.165, 1.54) is 13.1 Å². The molecule has 3 atom stereocenters. The van der Waals surface area contributed by atoms with Crippen LogP contribution in [0.5, 0.6) is 23.0 Å². The van der Waals surface area contributed by atoms with Crippen molar-refractivity contribution in [3.05, 3.63) is 83.4 Å². The number of ether oxygens (including phenoxy) is 6. The molecule has 3 saturated heterocycles. The quantitative estimate of drug-likeness (QED) is 0.231. The molecular weight excluding hydrogens is 566 g/mol. The van der Waals surface area contributed by atoms with Gasteiger partial charge in [0.1, 0.15) is 35.7 Å². The Morgan fingerprint density at radius 2 is 1.47 bits per heavy atom. The molecule has 3 aromatic carbocycles. The highest BCUT2D eigenvalue weighted by molar-refractivity contribution is 5.96. The molecule has 4 heterocycles. The van der Waals surface area contributed by atoms with E-state index in [1.54, 1.807) is 0 Å². The third-order valence-corrected chi connectivity index (χ3v) is 9.22. The maximum atomic E-state index is 6.82. The molecule has 0 aromatic heterocycles. The summed E-state index contributed by atoms with van der Waals surface area (Å²) in [6.07, 6.45) is 5.52. The minimum absolute atomic E-state index is 0.205. The van der Waals surface area contributed by atoms with Crippen molar-refractivity contribution in [1.29, 1.82) is 0 Å². The molecule has 4 aliphatic rings. The summed E-state index contributed by atoms with van der Waals surface area (Å²) >= 11 is 0. The lowest BCUT2D eigenvalue weighted by Gasteiger charge is -2.36. The van der Waals surface area contributed by atoms with Crippen molar-refractivity contribution in [3.8, 4) is 23.0 Å². The van der Waals surface area contributed by atoms with Gasteiger partial charge in [0.05, 0.1) is 13.2 Å². The number of nitrogens with zero attached hydrogens (tertiary/aromatic N) is 1. The van der Waals surface area contributed by atoms with Gasteiger partial charge in [0.15, 0.2) is 12.6 Å². The Morgan fingerprint density at radius 3 is 2.13 bits per heavy atom. The number of hydrogen-bond acceptors (Lipinski definition) is 7. The predicted molar refractivity (Wildman–Crippen MR) is 175 cm³/mol. The number of allylic oxidation sites excluding steroid dienone is 1. The van der Waals surface area contributed by atoms with E-state index in [-0.39, 0.29) is 18.7 Å². The molecule has 7 rings (SSSR count). The minimum Gasteiger partial charge on any atom is -0.492 e. The molecule has 0 N–H and O–H groups in total. The van der Waals surface area contributed by atoms with Crippen molar-refractivity contribution in [2.24, 2.45) is 5.92 Å². The first-order chi connectivity index (χ1) is 22.1. The first kappa shape index (κ1) is 30.2. The molecule has 0 radical (unpaired) electrons. The summed E-state index contributed by atoms with van der Waals surface area (Å²) in [5.41, 5.74) is 5.40. The van der Waals surface area contributed by atoms with Crippen LogP contribution < -0.4 is 18.9 Å². The van der Waals surface area contributed by atoms with Crippen LogP contribution in [0.3, 0.4) is 0 Å². The highest BCUT2D eigenvalue weighted by Gasteiger charge is 2.31. The average molecular weight is 612 g/mol. The second-order valence-electron chi connectivity index (χ2n) is 12.8. The third kappa shape index (κ3) is 7.16. The van der Waals surface area contributed by atoms with Gasteiger partial charge in [0, 0.05) is 43.6 Å². The van der Waals surface area contributed by atoms with E-state index < -0.39 is 0 Å². The first-order valence-corrected chi connectivity index (χ1v) is 16.7. The monoisotopic (exact) mass is 611 g/mol. The number of benzene rings is 3. The minimum atomic E-state index is -0.302. The molecule has 4 aliphatic heterocycles. The van der Waals surface area contributed by atoms with Crippen molar-refractivity contribution in [3.63, 3.8) is 0 Å². The highest BCUT2D eigenvalue weighted by Crippen LogP contribution is 2.48. The van der Waals surface area contributed by atoms with Gasteiger partial charge >= 0.3 is 0 Å². The summed E-state index contributed by atoms with van der Waals surface area (Å²) in [4.78, 5) is 2.43.